The van der Waals surface area contributed by atoms with E-state index in [0.29, 0.717) is 41.0 Å². The van der Waals surface area contributed by atoms with E-state index in [1.54, 1.807) is 54.3 Å². The largest absolute Gasteiger partial charge is 0.415 e. The number of nitrogens with one attached hydrogen (secondary N) is 1. The predicted molar refractivity (Wildman–Crippen MR) is 109 cm³/mol. The van der Waals surface area contributed by atoms with E-state index in [-0.39, 0.29) is 5.91 Å². The van der Waals surface area contributed by atoms with Gasteiger partial charge in [0.25, 0.3) is 0 Å². The summed E-state index contributed by atoms with van der Waals surface area (Å²) < 4.78 is 5.49. The number of carbonyl (C=O) groups excluding carboxylic acids is 2. The molecular weight excluding hydrogens is 387 g/mol. The molecular formula is C20H22Cl2N2O3. The lowest BCUT2D eigenvalue weighted by molar-refractivity contribution is -0.115. The fourth-order valence-electron chi connectivity index (χ4n) is 2.41. The van der Waals surface area contributed by atoms with E-state index in [1.165, 1.54) is 0 Å². The molecule has 0 aliphatic heterocycles. The molecule has 0 aliphatic carbocycles. The molecule has 0 saturated heterocycles. The van der Waals surface area contributed by atoms with Gasteiger partial charge in [-0.15, -0.1) is 0 Å². The molecule has 2 rings (SSSR count). The van der Waals surface area contributed by atoms with Gasteiger partial charge in [0, 0.05) is 34.8 Å². The van der Waals surface area contributed by atoms with E-state index < -0.39 is 6.09 Å². The quantitative estimate of drug-likeness (QED) is 0.633. The van der Waals surface area contributed by atoms with Gasteiger partial charge >= 0.3 is 6.09 Å². The highest BCUT2D eigenvalue weighted by Crippen LogP contribution is 2.23. The first-order valence-corrected chi connectivity index (χ1v) is 9.49. The molecule has 5 nitrogen and oxygen atoms in total. The summed E-state index contributed by atoms with van der Waals surface area (Å²) in [6.45, 7) is 4.58. The number of benzene rings is 2. The Morgan fingerprint density at radius 3 is 2.56 bits per heavy atom. The van der Waals surface area contributed by atoms with Gasteiger partial charge in [0.1, 0.15) is 5.75 Å². The van der Waals surface area contributed by atoms with Crippen LogP contribution in [0.5, 0.6) is 5.75 Å². The van der Waals surface area contributed by atoms with E-state index in [0.717, 1.165) is 12.0 Å². The van der Waals surface area contributed by atoms with Gasteiger partial charge in [0.05, 0.1) is 6.54 Å². The van der Waals surface area contributed by atoms with Crippen molar-refractivity contribution in [3.63, 3.8) is 0 Å². The van der Waals surface area contributed by atoms with Crippen molar-refractivity contribution in [3.05, 3.63) is 58.1 Å². The van der Waals surface area contributed by atoms with Crippen molar-refractivity contribution in [2.45, 2.75) is 33.2 Å². The average molecular weight is 409 g/mol. The molecule has 144 valence electrons. The minimum Gasteiger partial charge on any atom is -0.410 e. The van der Waals surface area contributed by atoms with Crippen LogP contribution in [-0.4, -0.2) is 23.4 Å². The van der Waals surface area contributed by atoms with Crippen molar-refractivity contribution in [1.29, 1.82) is 0 Å². The van der Waals surface area contributed by atoms with Crippen molar-refractivity contribution < 1.29 is 14.3 Å². The maximum atomic E-state index is 12.6. The number of carbonyl (C=O) groups is 2. The summed E-state index contributed by atoms with van der Waals surface area (Å²) in [6.07, 6.45) is 0.658. The summed E-state index contributed by atoms with van der Waals surface area (Å²) in [7, 11) is 0. The van der Waals surface area contributed by atoms with E-state index in [4.69, 9.17) is 27.9 Å². The molecule has 2 amide bonds. The number of rotatable bonds is 7. The second-order valence-corrected chi connectivity index (χ2v) is 6.80. The summed E-state index contributed by atoms with van der Waals surface area (Å²) in [5.74, 6) is 0.251. The number of hydrogen-bond donors (Lipinski definition) is 1. The molecule has 0 atom stereocenters. The third-order valence-electron chi connectivity index (χ3n) is 3.77. The van der Waals surface area contributed by atoms with Crippen LogP contribution in [0.15, 0.2) is 42.5 Å². The van der Waals surface area contributed by atoms with Crippen molar-refractivity contribution in [3.8, 4) is 5.75 Å². The van der Waals surface area contributed by atoms with E-state index >= 15 is 0 Å². The molecule has 7 heteroatoms. The van der Waals surface area contributed by atoms with Crippen LogP contribution in [0.2, 0.25) is 10.0 Å². The molecule has 1 N–H and O–H groups in total. The number of anilines is 1. The van der Waals surface area contributed by atoms with Crippen LogP contribution in [0.4, 0.5) is 10.5 Å². The van der Waals surface area contributed by atoms with Crippen molar-refractivity contribution in [1.82, 2.24) is 4.90 Å². The molecule has 0 bridgehead atoms. The van der Waals surface area contributed by atoms with Crippen LogP contribution in [0, 0.1) is 0 Å². The van der Waals surface area contributed by atoms with Crippen LogP contribution in [0.1, 0.15) is 32.3 Å². The Kier molecular flexibility index (Phi) is 7.95. The molecule has 0 fully saturated rings. The fourth-order valence-corrected chi connectivity index (χ4v) is 2.88. The second-order valence-electron chi connectivity index (χ2n) is 5.95. The summed E-state index contributed by atoms with van der Waals surface area (Å²) in [4.78, 5) is 25.7. The summed E-state index contributed by atoms with van der Waals surface area (Å²) in [5.41, 5.74) is 1.37. The molecule has 0 unspecified atom stereocenters. The molecule has 2 aromatic carbocycles. The molecule has 2 aromatic rings. The zero-order valence-corrected chi connectivity index (χ0v) is 16.8. The lowest BCUT2D eigenvalue weighted by Gasteiger charge is -2.22. The molecule has 0 radical (unpaired) electrons. The predicted octanol–water partition coefficient (Wildman–Crippen LogP) is 5.75. The SMILES string of the molecule is CCCN(Cc1ccc(Cl)cc1Cl)C(=O)Oc1cccc(NC(=O)CC)c1. The first kappa shape index (κ1) is 21.1. The van der Waals surface area contributed by atoms with Crippen LogP contribution in [-0.2, 0) is 11.3 Å². The molecule has 0 heterocycles. The van der Waals surface area contributed by atoms with Gasteiger partial charge in [-0.05, 0) is 36.2 Å². The highest BCUT2D eigenvalue weighted by Gasteiger charge is 2.17. The Hall–Kier alpha value is -2.24. The van der Waals surface area contributed by atoms with Gasteiger partial charge in [-0.3, -0.25) is 4.79 Å². The Labute approximate surface area is 169 Å². The fraction of sp³-hybridized carbons (Fsp3) is 0.300. The van der Waals surface area contributed by atoms with E-state index in [1.807, 2.05) is 6.92 Å². The van der Waals surface area contributed by atoms with Crippen LogP contribution < -0.4 is 10.1 Å². The van der Waals surface area contributed by atoms with Gasteiger partial charge in [-0.25, -0.2) is 4.79 Å². The number of halogens is 2. The van der Waals surface area contributed by atoms with Gasteiger partial charge in [0.15, 0.2) is 0 Å². The molecule has 0 aliphatic rings. The molecule has 0 saturated carbocycles. The smallest absolute Gasteiger partial charge is 0.410 e. The maximum absolute atomic E-state index is 12.6. The average Bonchev–Trinajstić information content (AvgIpc) is 2.63. The third kappa shape index (κ3) is 6.45. The summed E-state index contributed by atoms with van der Waals surface area (Å²) in [6, 6.07) is 11.9. The zero-order valence-electron chi connectivity index (χ0n) is 15.3. The minimum absolute atomic E-state index is 0.108. The van der Waals surface area contributed by atoms with Crippen molar-refractivity contribution in [2.75, 3.05) is 11.9 Å². The van der Waals surface area contributed by atoms with Gasteiger partial charge in [-0.2, -0.15) is 0 Å². The van der Waals surface area contributed by atoms with Gasteiger partial charge in [0.2, 0.25) is 5.91 Å². The maximum Gasteiger partial charge on any atom is 0.415 e. The number of hydrogen-bond acceptors (Lipinski definition) is 3. The Morgan fingerprint density at radius 2 is 1.89 bits per heavy atom. The number of nitrogens with zero attached hydrogens (tertiary/aromatic N) is 1. The van der Waals surface area contributed by atoms with Crippen LogP contribution >= 0.6 is 23.2 Å². The van der Waals surface area contributed by atoms with E-state index in [9.17, 15) is 9.59 Å². The summed E-state index contributed by atoms with van der Waals surface area (Å²) >= 11 is 12.1. The van der Waals surface area contributed by atoms with Gasteiger partial charge < -0.3 is 15.0 Å². The Bertz CT molecular complexity index is 812. The molecule has 0 aromatic heterocycles. The molecule has 27 heavy (non-hydrogen) atoms. The Morgan fingerprint density at radius 1 is 1.11 bits per heavy atom. The minimum atomic E-state index is -0.484. The first-order chi connectivity index (χ1) is 12.9. The normalized spacial score (nSPS) is 10.4. The van der Waals surface area contributed by atoms with Crippen LogP contribution in [0.25, 0.3) is 0 Å². The lowest BCUT2D eigenvalue weighted by Crippen LogP contribution is -2.33. The topological polar surface area (TPSA) is 58.6 Å². The van der Waals surface area contributed by atoms with Crippen LogP contribution in [0.3, 0.4) is 0 Å². The molecule has 0 spiro atoms. The van der Waals surface area contributed by atoms with Crippen molar-refractivity contribution >= 4 is 40.9 Å². The highest BCUT2D eigenvalue weighted by atomic mass is 35.5. The first-order valence-electron chi connectivity index (χ1n) is 8.73. The van der Waals surface area contributed by atoms with Gasteiger partial charge in [-0.1, -0.05) is 49.2 Å². The Balaban J connectivity index is 2.10. The lowest BCUT2D eigenvalue weighted by atomic mass is 10.2. The summed E-state index contributed by atoms with van der Waals surface area (Å²) in [5, 5.41) is 3.78. The third-order valence-corrected chi connectivity index (χ3v) is 4.36. The second kappa shape index (κ2) is 10.2. The monoisotopic (exact) mass is 408 g/mol. The highest BCUT2D eigenvalue weighted by molar-refractivity contribution is 6.35. The number of ether oxygens (including phenoxy) is 1. The standard InChI is InChI=1S/C20H22Cl2N2O3/c1-3-10-24(13-14-8-9-15(21)11-18(14)22)20(26)27-17-7-5-6-16(12-17)23-19(25)4-2/h5-9,11-12H,3-4,10,13H2,1-2H3,(H,23,25). The van der Waals surface area contributed by atoms with Crippen molar-refractivity contribution in [2.24, 2.45) is 0 Å². The number of amides is 2. The van der Waals surface area contributed by atoms with E-state index in [2.05, 4.69) is 5.32 Å². The zero-order chi connectivity index (χ0) is 19.8.